The predicted molar refractivity (Wildman–Crippen MR) is 59.0 cm³/mol. The number of nitriles is 1. The van der Waals surface area contributed by atoms with E-state index in [9.17, 15) is 0 Å². The van der Waals surface area contributed by atoms with Crippen LogP contribution in [0.1, 0.15) is 23.6 Å². The zero-order valence-electron chi connectivity index (χ0n) is 7.81. The van der Waals surface area contributed by atoms with Crippen LogP contribution in [0.15, 0.2) is 24.3 Å². The fourth-order valence-corrected chi connectivity index (χ4v) is 1.15. The van der Waals surface area contributed by atoms with Gasteiger partial charge in [-0.3, -0.25) is 0 Å². The largest absolute Gasteiger partial charge is 0.330 e. The smallest absolute Gasteiger partial charge is 0.0991 e. The fourth-order valence-electron chi connectivity index (χ4n) is 1.15. The van der Waals surface area contributed by atoms with Crippen molar-refractivity contribution in [3.05, 3.63) is 35.4 Å². The molecule has 14 heavy (non-hydrogen) atoms. The van der Waals surface area contributed by atoms with Crippen molar-refractivity contribution >= 4 is 12.4 Å². The van der Waals surface area contributed by atoms with Gasteiger partial charge in [0.1, 0.15) is 0 Å². The third kappa shape index (κ3) is 3.35. The molecule has 1 atom stereocenters. The van der Waals surface area contributed by atoms with Crippen molar-refractivity contribution in [3.63, 3.8) is 0 Å². The normalized spacial score (nSPS) is 11.2. The van der Waals surface area contributed by atoms with E-state index in [2.05, 4.69) is 6.07 Å². The fraction of sp³-hybridized carbons (Fsp3) is 0.300. The zero-order valence-corrected chi connectivity index (χ0v) is 8.63. The van der Waals surface area contributed by atoms with Gasteiger partial charge in [-0.25, -0.2) is 0 Å². The molecule has 0 saturated heterocycles. The van der Waals surface area contributed by atoms with E-state index in [-0.39, 0.29) is 18.4 Å². The molecule has 0 aliphatic carbocycles. The summed E-state index contributed by atoms with van der Waals surface area (Å²) in [6.45, 7) is 0.584. The van der Waals surface area contributed by atoms with Gasteiger partial charge in [-0.05, 0) is 30.7 Å². The van der Waals surface area contributed by atoms with Gasteiger partial charge in [-0.15, -0.1) is 12.4 Å². The molecule has 0 radical (unpaired) electrons. The van der Waals surface area contributed by atoms with Crippen LogP contribution in [0.4, 0.5) is 0 Å². The Morgan fingerprint density at radius 3 is 2.29 bits per heavy atom. The quantitative estimate of drug-likeness (QED) is 0.792. The molecule has 1 rings (SSSR count). The van der Waals surface area contributed by atoms with Crippen molar-refractivity contribution in [2.75, 3.05) is 6.54 Å². The number of nitrogens with two attached hydrogens (primary N) is 2. The average molecular weight is 212 g/mol. The molecule has 0 heterocycles. The van der Waals surface area contributed by atoms with E-state index in [1.807, 2.05) is 12.1 Å². The summed E-state index contributed by atoms with van der Waals surface area (Å²) in [6.07, 6.45) is 0.770. The highest BCUT2D eigenvalue weighted by atomic mass is 35.5. The number of halogens is 1. The van der Waals surface area contributed by atoms with Gasteiger partial charge in [0, 0.05) is 6.04 Å². The summed E-state index contributed by atoms with van der Waals surface area (Å²) in [4.78, 5) is 0. The minimum Gasteiger partial charge on any atom is -0.330 e. The second-order valence-corrected chi connectivity index (χ2v) is 2.92. The van der Waals surface area contributed by atoms with Crippen LogP contribution in [0.3, 0.4) is 0 Å². The summed E-state index contributed by atoms with van der Waals surface area (Å²) in [6, 6.07) is 9.33. The van der Waals surface area contributed by atoms with Gasteiger partial charge in [0.15, 0.2) is 0 Å². The van der Waals surface area contributed by atoms with Gasteiger partial charge in [0.05, 0.1) is 11.6 Å². The van der Waals surface area contributed by atoms with Crippen LogP contribution in [0.2, 0.25) is 0 Å². The third-order valence-corrected chi connectivity index (χ3v) is 1.95. The van der Waals surface area contributed by atoms with E-state index >= 15 is 0 Å². The molecule has 0 unspecified atom stereocenters. The van der Waals surface area contributed by atoms with Crippen molar-refractivity contribution in [1.29, 1.82) is 5.26 Å². The molecular formula is C10H14ClN3. The third-order valence-electron chi connectivity index (χ3n) is 1.95. The van der Waals surface area contributed by atoms with E-state index in [0.29, 0.717) is 12.1 Å². The molecule has 0 fully saturated rings. The molecule has 4 N–H and O–H groups in total. The number of hydrogen-bond donors (Lipinski definition) is 2. The van der Waals surface area contributed by atoms with Crippen molar-refractivity contribution in [1.82, 2.24) is 0 Å². The predicted octanol–water partition coefficient (Wildman–Crippen LogP) is 1.33. The highest BCUT2D eigenvalue weighted by Gasteiger charge is 2.03. The van der Waals surface area contributed by atoms with Crippen LogP contribution in [0, 0.1) is 11.3 Å². The Balaban J connectivity index is 0.00000169. The van der Waals surface area contributed by atoms with Gasteiger partial charge >= 0.3 is 0 Å². The van der Waals surface area contributed by atoms with Crippen LogP contribution in [0.25, 0.3) is 0 Å². The number of nitrogens with zero attached hydrogens (tertiary/aromatic N) is 1. The molecule has 1 aromatic rings. The van der Waals surface area contributed by atoms with Gasteiger partial charge in [0.25, 0.3) is 0 Å². The van der Waals surface area contributed by atoms with Crippen LogP contribution in [-0.4, -0.2) is 6.54 Å². The summed E-state index contributed by atoms with van der Waals surface area (Å²) < 4.78 is 0. The Morgan fingerprint density at radius 2 is 1.86 bits per heavy atom. The Hall–Kier alpha value is -1.08. The first-order valence-electron chi connectivity index (χ1n) is 4.23. The highest BCUT2D eigenvalue weighted by Crippen LogP contribution is 2.13. The Kier molecular flexibility index (Phi) is 5.89. The van der Waals surface area contributed by atoms with Crippen molar-refractivity contribution in [2.45, 2.75) is 12.5 Å². The monoisotopic (exact) mass is 211 g/mol. The van der Waals surface area contributed by atoms with E-state index in [0.717, 1.165) is 12.0 Å². The average Bonchev–Trinajstić information content (AvgIpc) is 2.18. The highest BCUT2D eigenvalue weighted by molar-refractivity contribution is 5.85. The first-order chi connectivity index (χ1) is 6.27. The molecule has 0 amide bonds. The lowest BCUT2D eigenvalue weighted by Gasteiger charge is -2.09. The molecule has 0 spiro atoms. The van der Waals surface area contributed by atoms with Gasteiger partial charge in [0.2, 0.25) is 0 Å². The van der Waals surface area contributed by atoms with Gasteiger partial charge in [-0.1, -0.05) is 12.1 Å². The summed E-state index contributed by atoms with van der Waals surface area (Å²) in [5.74, 6) is 0. The molecule has 0 aliphatic heterocycles. The lowest BCUT2D eigenvalue weighted by atomic mass is 10.0. The number of benzene rings is 1. The summed E-state index contributed by atoms with van der Waals surface area (Å²) in [5.41, 5.74) is 12.9. The summed E-state index contributed by atoms with van der Waals surface area (Å²) in [5, 5.41) is 8.57. The van der Waals surface area contributed by atoms with Crippen LogP contribution < -0.4 is 11.5 Å². The van der Waals surface area contributed by atoms with E-state index < -0.39 is 0 Å². The second kappa shape index (κ2) is 6.39. The van der Waals surface area contributed by atoms with Crippen LogP contribution in [0.5, 0.6) is 0 Å². The number of rotatable bonds is 3. The Bertz CT molecular complexity index is 302. The molecule has 0 aromatic heterocycles. The summed E-state index contributed by atoms with van der Waals surface area (Å²) in [7, 11) is 0. The number of hydrogen-bond acceptors (Lipinski definition) is 3. The lowest BCUT2D eigenvalue weighted by Crippen LogP contribution is -2.15. The Morgan fingerprint density at radius 1 is 1.29 bits per heavy atom. The minimum atomic E-state index is -0.0160. The molecule has 1 aromatic carbocycles. The topological polar surface area (TPSA) is 75.8 Å². The first kappa shape index (κ1) is 12.9. The summed E-state index contributed by atoms with van der Waals surface area (Å²) >= 11 is 0. The van der Waals surface area contributed by atoms with E-state index in [1.165, 1.54) is 0 Å². The van der Waals surface area contributed by atoms with Crippen molar-refractivity contribution in [3.8, 4) is 6.07 Å². The maximum Gasteiger partial charge on any atom is 0.0991 e. The van der Waals surface area contributed by atoms with Gasteiger partial charge < -0.3 is 11.5 Å². The molecule has 0 bridgehead atoms. The SMILES string of the molecule is Cl.N#Cc1ccc([C@H](N)CCN)cc1. The standard InChI is InChI=1S/C10H13N3.ClH/c11-6-5-10(13)9-3-1-8(7-12)2-4-9;/h1-4,10H,5-6,11,13H2;1H/t10-;/m1./s1. The molecule has 0 aliphatic rings. The first-order valence-corrected chi connectivity index (χ1v) is 4.23. The maximum absolute atomic E-state index is 8.57. The van der Waals surface area contributed by atoms with Gasteiger partial charge in [-0.2, -0.15) is 5.26 Å². The minimum absolute atomic E-state index is 0. The lowest BCUT2D eigenvalue weighted by molar-refractivity contribution is 0.661. The molecule has 0 saturated carbocycles. The Labute approximate surface area is 90.1 Å². The molecule has 4 heteroatoms. The molecule has 76 valence electrons. The zero-order chi connectivity index (χ0) is 9.68. The maximum atomic E-state index is 8.57. The van der Waals surface area contributed by atoms with Crippen molar-refractivity contribution in [2.24, 2.45) is 11.5 Å². The molecule has 3 nitrogen and oxygen atoms in total. The molecular weight excluding hydrogens is 198 g/mol. The van der Waals surface area contributed by atoms with Crippen LogP contribution in [-0.2, 0) is 0 Å². The van der Waals surface area contributed by atoms with E-state index in [1.54, 1.807) is 12.1 Å². The van der Waals surface area contributed by atoms with E-state index in [4.69, 9.17) is 16.7 Å². The van der Waals surface area contributed by atoms with Crippen LogP contribution >= 0.6 is 12.4 Å². The second-order valence-electron chi connectivity index (χ2n) is 2.92. The van der Waals surface area contributed by atoms with Crippen molar-refractivity contribution < 1.29 is 0 Å².